The van der Waals surface area contributed by atoms with Crippen molar-refractivity contribution >= 4 is 5.91 Å². The first-order valence-electron chi connectivity index (χ1n) is 10.2. The van der Waals surface area contributed by atoms with Gasteiger partial charge in [-0.25, -0.2) is 0 Å². The zero-order valence-electron chi connectivity index (χ0n) is 16.1. The van der Waals surface area contributed by atoms with Crippen molar-refractivity contribution in [3.05, 3.63) is 29.3 Å². The van der Waals surface area contributed by atoms with Crippen LogP contribution in [-0.2, 0) is 16.0 Å². The van der Waals surface area contributed by atoms with Gasteiger partial charge in [-0.3, -0.25) is 4.79 Å². The number of hydrogen-bond donors (Lipinski definition) is 0. The van der Waals surface area contributed by atoms with E-state index in [-0.39, 0.29) is 0 Å². The van der Waals surface area contributed by atoms with Gasteiger partial charge in [0.1, 0.15) is 5.75 Å². The van der Waals surface area contributed by atoms with Gasteiger partial charge in [0.05, 0.1) is 13.2 Å². The molecule has 0 N–H and O–H groups in total. The average Bonchev–Trinajstić information content (AvgIpc) is 3.07. The third-order valence-electron chi connectivity index (χ3n) is 6.72. The monoisotopic (exact) mass is 357 g/mol. The van der Waals surface area contributed by atoms with Gasteiger partial charge in [-0.2, -0.15) is 0 Å². The number of benzene rings is 1. The minimum absolute atomic E-state index is 0.343. The molecule has 0 aromatic heterocycles. The maximum absolute atomic E-state index is 13.0. The molecule has 0 radical (unpaired) electrons. The molecule has 1 aromatic rings. The third kappa shape index (κ3) is 3.36. The molecular formula is C22H31NO3. The Morgan fingerprint density at radius 1 is 1.35 bits per heavy atom. The predicted octanol–water partition coefficient (Wildman–Crippen LogP) is 3.92. The molecular weight excluding hydrogens is 326 g/mol. The summed E-state index contributed by atoms with van der Waals surface area (Å²) in [6, 6.07) is 6.36. The molecule has 4 rings (SSSR count). The first kappa shape index (κ1) is 17.8. The van der Waals surface area contributed by atoms with Crippen LogP contribution in [0.25, 0.3) is 0 Å². The Hall–Kier alpha value is -1.55. The van der Waals surface area contributed by atoms with Crippen molar-refractivity contribution in [3.8, 4) is 5.75 Å². The molecule has 26 heavy (non-hydrogen) atoms. The van der Waals surface area contributed by atoms with Crippen molar-refractivity contribution in [3.63, 3.8) is 0 Å². The molecule has 1 saturated heterocycles. The number of ether oxygens (including phenoxy) is 2. The molecule has 1 aliphatic heterocycles. The molecule has 4 nitrogen and oxygen atoms in total. The second kappa shape index (κ2) is 7.22. The van der Waals surface area contributed by atoms with Crippen LogP contribution < -0.4 is 4.74 Å². The Morgan fingerprint density at radius 3 is 2.96 bits per heavy atom. The topological polar surface area (TPSA) is 38.8 Å². The molecule has 1 atom stereocenters. The van der Waals surface area contributed by atoms with Gasteiger partial charge in [-0.15, -0.1) is 0 Å². The minimum Gasteiger partial charge on any atom is -0.497 e. The van der Waals surface area contributed by atoms with E-state index in [4.69, 9.17) is 9.47 Å². The van der Waals surface area contributed by atoms with E-state index in [2.05, 4.69) is 24.0 Å². The van der Waals surface area contributed by atoms with E-state index in [9.17, 15) is 4.79 Å². The second-order valence-electron chi connectivity index (χ2n) is 8.41. The molecule has 142 valence electrons. The fraction of sp³-hybridized carbons (Fsp3) is 0.682. The van der Waals surface area contributed by atoms with Gasteiger partial charge in [0, 0.05) is 26.1 Å². The summed E-state index contributed by atoms with van der Waals surface area (Å²) in [5.41, 5.74) is 3.08. The van der Waals surface area contributed by atoms with Crippen LogP contribution in [0, 0.1) is 5.41 Å². The maximum atomic E-state index is 13.0. The summed E-state index contributed by atoms with van der Waals surface area (Å²) in [4.78, 5) is 15.1. The van der Waals surface area contributed by atoms with Crippen LogP contribution in [-0.4, -0.2) is 43.7 Å². The zero-order valence-corrected chi connectivity index (χ0v) is 16.1. The molecule has 1 unspecified atom stereocenters. The molecule has 0 bridgehead atoms. The quantitative estimate of drug-likeness (QED) is 0.802. The van der Waals surface area contributed by atoms with E-state index < -0.39 is 0 Å². The SMILES string of the molecule is CCOC1CC2(CCN(C(=O)CC3CCCc4cc(OC)ccc43)C2)C1. The summed E-state index contributed by atoms with van der Waals surface area (Å²) in [6.07, 6.45) is 7.89. The number of carbonyl (C=O) groups is 1. The lowest BCUT2D eigenvalue weighted by Crippen LogP contribution is -2.45. The highest BCUT2D eigenvalue weighted by Crippen LogP contribution is 2.49. The molecule has 3 aliphatic rings. The van der Waals surface area contributed by atoms with Crippen LogP contribution in [0.3, 0.4) is 0 Å². The van der Waals surface area contributed by atoms with Crippen LogP contribution in [0.4, 0.5) is 0 Å². The molecule has 2 fully saturated rings. The van der Waals surface area contributed by atoms with Gasteiger partial charge < -0.3 is 14.4 Å². The molecule has 1 spiro atoms. The first-order valence-corrected chi connectivity index (χ1v) is 10.2. The number of rotatable bonds is 5. The van der Waals surface area contributed by atoms with E-state index in [0.717, 1.165) is 64.0 Å². The number of aryl methyl sites for hydroxylation is 1. The van der Waals surface area contributed by atoms with Crippen molar-refractivity contribution < 1.29 is 14.3 Å². The lowest BCUT2D eigenvalue weighted by molar-refractivity contribution is -0.132. The Bertz CT molecular complexity index is 665. The standard InChI is InChI=1S/C22H31NO3/c1-3-26-19-13-22(14-19)9-10-23(15-22)21(24)12-17-6-4-5-16-11-18(25-2)7-8-20(16)17/h7-8,11,17,19H,3-6,9-10,12-15H2,1-2H3. The molecule has 2 aliphatic carbocycles. The van der Waals surface area contributed by atoms with E-state index in [1.807, 2.05) is 6.07 Å². The van der Waals surface area contributed by atoms with Gasteiger partial charge in [-0.1, -0.05) is 6.07 Å². The van der Waals surface area contributed by atoms with Crippen LogP contribution in [0.5, 0.6) is 5.75 Å². The van der Waals surface area contributed by atoms with Crippen LogP contribution in [0.1, 0.15) is 62.5 Å². The van der Waals surface area contributed by atoms with Gasteiger partial charge in [0.25, 0.3) is 0 Å². The third-order valence-corrected chi connectivity index (χ3v) is 6.72. The second-order valence-corrected chi connectivity index (χ2v) is 8.41. The van der Waals surface area contributed by atoms with Gasteiger partial charge >= 0.3 is 0 Å². The largest absolute Gasteiger partial charge is 0.497 e. The summed E-state index contributed by atoms with van der Waals surface area (Å²) >= 11 is 0. The smallest absolute Gasteiger partial charge is 0.223 e. The number of nitrogens with zero attached hydrogens (tertiary/aromatic N) is 1. The predicted molar refractivity (Wildman–Crippen MR) is 102 cm³/mol. The Labute approximate surface area is 156 Å². The highest BCUT2D eigenvalue weighted by atomic mass is 16.5. The summed E-state index contributed by atoms with van der Waals surface area (Å²) in [7, 11) is 1.71. The number of hydrogen-bond acceptors (Lipinski definition) is 3. The number of carbonyl (C=O) groups excluding carboxylic acids is 1. The average molecular weight is 357 g/mol. The van der Waals surface area contributed by atoms with Crippen LogP contribution >= 0.6 is 0 Å². The summed E-state index contributed by atoms with van der Waals surface area (Å²) < 4.78 is 11.1. The van der Waals surface area contributed by atoms with Gasteiger partial charge in [-0.05, 0) is 80.0 Å². The summed E-state index contributed by atoms with van der Waals surface area (Å²) in [6.45, 7) is 4.74. The molecule has 4 heteroatoms. The minimum atomic E-state index is 0.343. The number of amides is 1. The highest BCUT2D eigenvalue weighted by Gasteiger charge is 2.49. The van der Waals surface area contributed by atoms with E-state index in [1.165, 1.54) is 11.1 Å². The van der Waals surface area contributed by atoms with E-state index in [0.29, 0.717) is 29.8 Å². The van der Waals surface area contributed by atoms with Crippen molar-refractivity contribution in [2.24, 2.45) is 5.41 Å². The maximum Gasteiger partial charge on any atom is 0.223 e. The van der Waals surface area contributed by atoms with Crippen molar-refractivity contribution in [2.75, 3.05) is 26.8 Å². The van der Waals surface area contributed by atoms with Gasteiger partial charge in [0.2, 0.25) is 5.91 Å². The Morgan fingerprint density at radius 2 is 2.19 bits per heavy atom. The fourth-order valence-corrected chi connectivity index (χ4v) is 5.31. The van der Waals surface area contributed by atoms with E-state index in [1.54, 1.807) is 7.11 Å². The molecule has 1 heterocycles. The molecule has 1 saturated carbocycles. The van der Waals surface area contributed by atoms with Crippen molar-refractivity contribution in [1.82, 2.24) is 4.90 Å². The highest BCUT2D eigenvalue weighted by molar-refractivity contribution is 5.77. The summed E-state index contributed by atoms with van der Waals surface area (Å²) in [5, 5.41) is 0. The Balaban J connectivity index is 1.36. The van der Waals surface area contributed by atoms with Crippen LogP contribution in [0.2, 0.25) is 0 Å². The van der Waals surface area contributed by atoms with Crippen molar-refractivity contribution in [1.29, 1.82) is 0 Å². The van der Waals surface area contributed by atoms with Gasteiger partial charge in [0.15, 0.2) is 0 Å². The lowest BCUT2D eigenvalue weighted by atomic mass is 9.66. The first-order chi connectivity index (χ1) is 12.6. The van der Waals surface area contributed by atoms with E-state index >= 15 is 0 Å². The zero-order chi connectivity index (χ0) is 18.1. The number of methoxy groups -OCH3 is 1. The molecule has 1 amide bonds. The summed E-state index contributed by atoms with van der Waals surface area (Å²) in [5.74, 6) is 1.63. The normalized spacial score (nSPS) is 30.2. The lowest BCUT2D eigenvalue weighted by Gasteiger charge is -2.44. The van der Waals surface area contributed by atoms with Crippen LogP contribution in [0.15, 0.2) is 18.2 Å². The number of fused-ring (bicyclic) bond motifs is 1. The number of likely N-dealkylation sites (tertiary alicyclic amines) is 1. The Kier molecular flexibility index (Phi) is 4.96. The fourth-order valence-electron chi connectivity index (χ4n) is 5.31. The van der Waals surface area contributed by atoms with Crippen molar-refractivity contribution in [2.45, 2.75) is 63.9 Å². The molecule has 1 aromatic carbocycles.